The maximum atomic E-state index is 12.3. The van der Waals surface area contributed by atoms with Crippen LogP contribution in [0.5, 0.6) is 5.75 Å². The third-order valence-corrected chi connectivity index (χ3v) is 3.93. The van der Waals surface area contributed by atoms with Crippen LogP contribution in [0.3, 0.4) is 0 Å². The first kappa shape index (κ1) is 18.5. The Balaban J connectivity index is 0.00000210. The standard InChI is InChI=1S/C17H13F3N4O2.H2O/c1-10-15-16(25)23(11-6-8-12(9-7-11)26-17(18,19)20)22-24(15)14-5-3-2-4-13(14)21-10;/h2-9,22,25H,1H3;1H2. The predicted molar refractivity (Wildman–Crippen MR) is 93.7 cm³/mol. The lowest BCUT2D eigenvalue weighted by molar-refractivity contribution is -0.274. The molecule has 0 unspecified atom stereocenters. The van der Waals surface area contributed by atoms with Crippen LogP contribution in [-0.4, -0.2) is 22.7 Å². The minimum Gasteiger partial charge on any atom is -0.492 e. The average molecular weight is 380 g/mol. The largest absolute Gasteiger partial charge is 0.573 e. The van der Waals surface area contributed by atoms with E-state index in [4.69, 9.17) is 0 Å². The molecule has 0 saturated heterocycles. The van der Waals surface area contributed by atoms with E-state index in [1.165, 1.54) is 29.3 Å². The lowest BCUT2D eigenvalue weighted by Gasteiger charge is -2.27. The van der Waals surface area contributed by atoms with Crippen LogP contribution in [0.15, 0.2) is 65.1 Å². The van der Waals surface area contributed by atoms with Crippen molar-refractivity contribution in [2.24, 2.45) is 4.99 Å². The highest BCUT2D eigenvalue weighted by molar-refractivity contribution is 6.07. The fourth-order valence-electron chi connectivity index (χ4n) is 2.86. The number of aliphatic imine (C=N–C) groups is 1. The molecule has 4 rings (SSSR count). The summed E-state index contributed by atoms with van der Waals surface area (Å²) in [5, 5.41) is 13.6. The SMILES string of the molecule is CC1=Nc2ccccc2N2NN(c3ccc(OC(F)(F)F)cc3)C(O)=C12.O. The zero-order valence-electron chi connectivity index (χ0n) is 13.9. The van der Waals surface area contributed by atoms with Gasteiger partial charge in [-0.05, 0) is 43.3 Å². The van der Waals surface area contributed by atoms with Gasteiger partial charge in [0.1, 0.15) is 11.4 Å². The molecule has 10 heteroatoms. The number of nitrogens with zero attached hydrogens (tertiary/aromatic N) is 3. The van der Waals surface area contributed by atoms with Gasteiger partial charge in [-0.15, -0.1) is 18.7 Å². The van der Waals surface area contributed by atoms with Crippen LogP contribution in [0.25, 0.3) is 0 Å². The lowest BCUT2D eigenvalue weighted by Crippen LogP contribution is -2.43. The van der Waals surface area contributed by atoms with Crippen molar-refractivity contribution in [1.29, 1.82) is 0 Å². The topological polar surface area (TPSA) is 91.8 Å². The second-order valence-electron chi connectivity index (χ2n) is 5.67. The molecule has 0 atom stereocenters. The first-order chi connectivity index (χ1) is 12.3. The van der Waals surface area contributed by atoms with Crippen molar-refractivity contribution in [3.63, 3.8) is 0 Å². The minimum absolute atomic E-state index is 0. The van der Waals surface area contributed by atoms with Crippen LogP contribution in [0.4, 0.5) is 30.2 Å². The average Bonchev–Trinajstić information content (AvgIpc) is 2.93. The van der Waals surface area contributed by atoms with Crippen LogP contribution in [0.1, 0.15) is 6.92 Å². The van der Waals surface area contributed by atoms with Gasteiger partial charge in [-0.25, -0.2) is 15.0 Å². The van der Waals surface area contributed by atoms with Gasteiger partial charge in [0.25, 0.3) is 0 Å². The molecule has 142 valence electrons. The fourth-order valence-corrected chi connectivity index (χ4v) is 2.86. The summed E-state index contributed by atoms with van der Waals surface area (Å²) in [4.78, 5) is 4.47. The number of hydrazine groups is 2. The van der Waals surface area contributed by atoms with Crippen molar-refractivity contribution in [3.05, 3.63) is 60.1 Å². The van der Waals surface area contributed by atoms with Gasteiger partial charge in [0, 0.05) is 0 Å². The fraction of sp³-hybridized carbons (Fsp3) is 0.118. The highest BCUT2D eigenvalue weighted by Crippen LogP contribution is 2.39. The van der Waals surface area contributed by atoms with Crippen LogP contribution < -0.4 is 20.3 Å². The van der Waals surface area contributed by atoms with Crippen LogP contribution >= 0.6 is 0 Å². The Hall–Kier alpha value is -3.24. The number of fused-ring (bicyclic) bond motifs is 3. The molecule has 0 fully saturated rings. The summed E-state index contributed by atoms with van der Waals surface area (Å²) in [5.74, 6) is -0.446. The van der Waals surface area contributed by atoms with Gasteiger partial charge in [-0.3, -0.25) is 0 Å². The number of aliphatic hydroxyl groups excluding tert-OH is 1. The Kier molecular flexibility index (Phi) is 4.46. The molecule has 0 radical (unpaired) electrons. The molecule has 0 spiro atoms. The number of hydrogen-bond acceptors (Lipinski definition) is 6. The van der Waals surface area contributed by atoms with Crippen LogP contribution in [-0.2, 0) is 0 Å². The van der Waals surface area contributed by atoms with Gasteiger partial charge < -0.3 is 15.3 Å². The number of halogens is 3. The van der Waals surface area contributed by atoms with Crippen molar-refractivity contribution in [2.75, 3.05) is 10.0 Å². The quantitative estimate of drug-likeness (QED) is 0.834. The summed E-state index contributed by atoms with van der Waals surface area (Å²) in [6, 6.07) is 12.6. The summed E-state index contributed by atoms with van der Waals surface area (Å²) >= 11 is 0. The molecule has 2 heterocycles. The Labute approximate surface area is 151 Å². The number of para-hydroxylation sites is 2. The van der Waals surface area contributed by atoms with Crippen molar-refractivity contribution in [2.45, 2.75) is 13.3 Å². The molecule has 0 aliphatic carbocycles. The lowest BCUT2D eigenvalue weighted by atomic mass is 10.1. The second kappa shape index (κ2) is 6.49. The van der Waals surface area contributed by atoms with Gasteiger partial charge in [0.05, 0.1) is 22.8 Å². The summed E-state index contributed by atoms with van der Waals surface area (Å²) in [6.07, 6.45) is -4.75. The van der Waals surface area contributed by atoms with Crippen LogP contribution in [0, 0.1) is 0 Å². The van der Waals surface area contributed by atoms with E-state index in [1.807, 2.05) is 24.3 Å². The van der Waals surface area contributed by atoms with Crippen LogP contribution in [0.2, 0.25) is 0 Å². The second-order valence-corrected chi connectivity index (χ2v) is 5.67. The summed E-state index contributed by atoms with van der Waals surface area (Å²) < 4.78 is 40.7. The van der Waals surface area contributed by atoms with Gasteiger partial charge in [-0.2, -0.15) is 0 Å². The molecule has 27 heavy (non-hydrogen) atoms. The summed E-state index contributed by atoms with van der Waals surface area (Å²) in [7, 11) is 0. The highest BCUT2D eigenvalue weighted by atomic mass is 19.4. The summed E-state index contributed by atoms with van der Waals surface area (Å²) in [6.45, 7) is 1.76. The third-order valence-electron chi connectivity index (χ3n) is 3.93. The maximum Gasteiger partial charge on any atom is 0.573 e. The smallest absolute Gasteiger partial charge is 0.492 e. The molecule has 2 aliphatic rings. The Morgan fingerprint density at radius 2 is 1.70 bits per heavy atom. The monoisotopic (exact) mass is 380 g/mol. The zero-order valence-corrected chi connectivity index (χ0v) is 13.9. The molecule has 0 amide bonds. The van der Waals surface area contributed by atoms with Gasteiger partial charge >= 0.3 is 6.36 Å². The van der Waals surface area contributed by atoms with E-state index in [1.54, 1.807) is 11.9 Å². The van der Waals surface area contributed by atoms with Crippen molar-refractivity contribution >= 4 is 22.8 Å². The maximum absolute atomic E-state index is 12.3. The van der Waals surface area contributed by atoms with E-state index in [2.05, 4.69) is 15.3 Å². The van der Waals surface area contributed by atoms with E-state index in [0.29, 0.717) is 17.1 Å². The number of rotatable bonds is 2. The Morgan fingerprint density at radius 1 is 1.04 bits per heavy atom. The van der Waals surface area contributed by atoms with Gasteiger partial charge in [-0.1, -0.05) is 12.1 Å². The zero-order chi connectivity index (χ0) is 18.5. The number of ether oxygens (including phenoxy) is 1. The van der Waals surface area contributed by atoms with E-state index >= 15 is 0 Å². The molecule has 4 N–H and O–H groups in total. The van der Waals surface area contributed by atoms with Crippen molar-refractivity contribution in [3.8, 4) is 5.75 Å². The van der Waals surface area contributed by atoms with Crippen molar-refractivity contribution < 1.29 is 28.5 Å². The van der Waals surface area contributed by atoms with Gasteiger partial charge in [0.15, 0.2) is 0 Å². The number of allylic oxidation sites excluding steroid dienone is 1. The van der Waals surface area contributed by atoms with Gasteiger partial charge in [0.2, 0.25) is 5.88 Å². The summed E-state index contributed by atoms with van der Waals surface area (Å²) in [5.41, 5.74) is 6.01. The van der Waals surface area contributed by atoms with E-state index in [-0.39, 0.29) is 17.1 Å². The number of benzene rings is 2. The number of aliphatic hydroxyl groups is 1. The van der Waals surface area contributed by atoms with E-state index < -0.39 is 6.36 Å². The van der Waals surface area contributed by atoms with Crippen molar-refractivity contribution in [1.82, 2.24) is 5.53 Å². The predicted octanol–water partition coefficient (Wildman–Crippen LogP) is 3.34. The first-order valence-electron chi connectivity index (χ1n) is 7.64. The molecular weight excluding hydrogens is 365 g/mol. The first-order valence-corrected chi connectivity index (χ1v) is 7.64. The molecule has 2 aliphatic heterocycles. The molecular formula is C17H15F3N4O3. The number of nitrogens with one attached hydrogen (secondary N) is 1. The Bertz CT molecular complexity index is 926. The third kappa shape index (κ3) is 3.27. The number of alkyl halides is 3. The molecule has 2 aromatic rings. The molecule has 7 nitrogen and oxygen atoms in total. The van der Waals surface area contributed by atoms with E-state index in [9.17, 15) is 18.3 Å². The molecule has 0 bridgehead atoms. The Morgan fingerprint density at radius 3 is 2.37 bits per heavy atom. The molecule has 2 aromatic carbocycles. The molecule has 0 aromatic heterocycles. The highest BCUT2D eigenvalue weighted by Gasteiger charge is 2.36. The number of hydrogen-bond donors (Lipinski definition) is 2. The van der Waals surface area contributed by atoms with E-state index in [0.717, 1.165) is 11.4 Å². The molecule has 0 saturated carbocycles. The minimum atomic E-state index is -4.75. The number of anilines is 2. The normalized spacial score (nSPS) is 15.8.